The fourth-order valence-corrected chi connectivity index (χ4v) is 4.17. The predicted octanol–water partition coefficient (Wildman–Crippen LogP) is 4.60. The highest BCUT2D eigenvalue weighted by Crippen LogP contribution is 2.40. The highest BCUT2D eigenvalue weighted by Gasteiger charge is 2.42. The number of benzene rings is 2. The van der Waals surface area contributed by atoms with E-state index in [-0.39, 0.29) is 23.6 Å². The number of ether oxygens (including phenoxy) is 1. The number of pyridine rings is 1. The molecular formula is C24H17ClN2O4. The first-order chi connectivity index (χ1) is 15.1. The lowest BCUT2D eigenvalue weighted by atomic mass is 9.98. The molecule has 1 aliphatic heterocycles. The number of aromatic nitrogens is 1. The van der Waals surface area contributed by atoms with E-state index in [0.717, 1.165) is 11.1 Å². The molecule has 0 spiro atoms. The first-order valence-electron chi connectivity index (χ1n) is 9.67. The monoisotopic (exact) mass is 432 g/mol. The van der Waals surface area contributed by atoms with Crippen LogP contribution in [-0.2, 0) is 6.54 Å². The van der Waals surface area contributed by atoms with Crippen LogP contribution in [0.4, 0.5) is 0 Å². The Labute approximate surface area is 182 Å². The molecule has 1 atom stereocenters. The standard InChI is InChI=1S/C24H17ClN2O4/c1-30-17-6-2-5-15(10-17)21-20-22(28)18-11-16(25)7-8-19(18)31-23(20)24(29)27(21)13-14-4-3-9-26-12-14/h2-12,21H,13H2,1H3. The Kier molecular flexibility index (Phi) is 4.71. The highest BCUT2D eigenvalue weighted by molar-refractivity contribution is 6.31. The molecule has 0 N–H and O–H groups in total. The fraction of sp³-hybridized carbons (Fsp3) is 0.125. The van der Waals surface area contributed by atoms with Crippen molar-refractivity contribution in [2.45, 2.75) is 12.6 Å². The molecule has 0 aliphatic carbocycles. The van der Waals surface area contributed by atoms with Gasteiger partial charge in [0, 0.05) is 24.0 Å². The average molecular weight is 433 g/mol. The third-order valence-electron chi connectivity index (χ3n) is 5.41. The molecule has 0 radical (unpaired) electrons. The molecule has 0 fully saturated rings. The summed E-state index contributed by atoms with van der Waals surface area (Å²) in [5.74, 6) is 0.338. The summed E-state index contributed by atoms with van der Waals surface area (Å²) >= 11 is 6.12. The smallest absolute Gasteiger partial charge is 0.291 e. The van der Waals surface area contributed by atoms with Gasteiger partial charge in [0.2, 0.25) is 5.76 Å². The summed E-state index contributed by atoms with van der Waals surface area (Å²) in [6, 6.07) is 15.2. The van der Waals surface area contributed by atoms with E-state index in [9.17, 15) is 9.59 Å². The molecule has 0 saturated carbocycles. The normalized spacial score (nSPS) is 15.4. The summed E-state index contributed by atoms with van der Waals surface area (Å²) in [5, 5.41) is 0.768. The molecule has 6 nitrogen and oxygen atoms in total. The van der Waals surface area contributed by atoms with E-state index in [1.54, 1.807) is 42.6 Å². The Morgan fingerprint density at radius 3 is 2.77 bits per heavy atom. The summed E-state index contributed by atoms with van der Waals surface area (Å²) in [4.78, 5) is 32.7. The van der Waals surface area contributed by atoms with Crippen LogP contribution in [0.1, 0.15) is 33.3 Å². The molecule has 1 unspecified atom stereocenters. The molecule has 0 bridgehead atoms. The van der Waals surface area contributed by atoms with E-state index in [1.165, 1.54) is 0 Å². The van der Waals surface area contributed by atoms with Crippen LogP contribution in [0.15, 0.2) is 76.2 Å². The SMILES string of the molecule is COc1cccc(C2c3c(oc4ccc(Cl)cc4c3=O)C(=O)N2Cc2cccnc2)c1. The van der Waals surface area contributed by atoms with Crippen LogP contribution in [0.3, 0.4) is 0 Å². The van der Waals surface area contributed by atoms with Gasteiger partial charge in [-0.1, -0.05) is 29.8 Å². The second-order valence-electron chi connectivity index (χ2n) is 7.29. The van der Waals surface area contributed by atoms with Crippen molar-refractivity contribution in [3.63, 3.8) is 0 Å². The Hall–Kier alpha value is -3.64. The van der Waals surface area contributed by atoms with E-state index in [4.69, 9.17) is 20.8 Å². The van der Waals surface area contributed by atoms with E-state index in [0.29, 0.717) is 27.3 Å². The molecule has 31 heavy (non-hydrogen) atoms. The minimum atomic E-state index is -0.627. The minimum Gasteiger partial charge on any atom is -0.497 e. The molecule has 5 rings (SSSR count). The van der Waals surface area contributed by atoms with Crippen molar-refractivity contribution >= 4 is 28.5 Å². The van der Waals surface area contributed by atoms with Gasteiger partial charge in [0.1, 0.15) is 11.3 Å². The van der Waals surface area contributed by atoms with Crippen LogP contribution < -0.4 is 10.2 Å². The van der Waals surface area contributed by atoms with Crippen molar-refractivity contribution in [1.82, 2.24) is 9.88 Å². The van der Waals surface area contributed by atoms with Crippen LogP contribution in [0.5, 0.6) is 5.75 Å². The molecule has 1 aliphatic rings. The van der Waals surface area contributed by atoms with Crippen molar-refractivity contribution in [2.75, 3.05) is 7.11 Å². The van der Waals surface area contributed by atoms with Gasteiger partial charge in [0.05, 0.1) is 24.1 Å². The Bertz CT molecular complexity index is 1370. The highest BCUT2D eigenvalue weighted by atomic mass is 35.5. The van der Waals surface area contributed by atoms with Crippen LogP contribution in [-0.4, -0.2) is 22.9 Å². The number of hydrogen-bond acceptors (Lipinski definition) is 5. The van der Waals surface area contributed by atoms with Gasteiger partial charge in [0.25, 0.3) is 5.91 Å². The summed E-state index contributed by atoms with van der Waals surface area (Å²) in [5.41, 5.74) is 1.96. The quantitative estimate of drug-likeness (QED) is 0.471. The van der Waals surface area contributed by atoms with Crippen LogP contribution in [0.25, 0.3) is 11.0 Å². The van der Waals surface area contributed by atoms with Gasteiger partial charge in [-0.15, -0.1) is 0 Å². The zero-order chi connectivity index (χ0) is 21.5. The van der Waals surface area contributed by atoms with Crippen molar-refractivity contribution in [2.24, 2.45) is 0 Å². The van der Waals surface area contributed by atoms with Crippen molar-refractivity contribution in [3.05, 3.63) is 105 Å². The molecular weight excluding hydrogens is 416 g/mol. The van der Waals surface area contributed by atoms with Crippen molar-refractivity contribution in [1.29, 1.82) is 0 Å². The maximum Gasteiger partial charge on any atom is 0.291 e. The molecule has 0 saturated heterocycles. The number of methoxy groups -OCH3 is 1. The number of fused-ring (bicyclic) bond motifs is 2. The lowest BCUT2D eigenvalue weighted by molar-refractivity contribution is 0.0714. The van der Waals surface area contributed by atoms with Gasteiger partial charge >= 0.3 is 0 Å². The maximum atomic E-state index is 13.5. The largest absolute Gasteiger partial charge is 0.497 e. The van der Waals surface area contributed by atoms with Crippen LogP contribution in [0, 0.1) is 0 Å². The lowest BCUT2D eigenvalue weighted by Crippen LogP contribution is -2.29. The van der Waals surface area contributed by atoms with Gasteiger partial charge in [-0.25, -0.2) is 0 Å². The maximum absolute atomic E-state index is 13.5. The third-order valence-corrected chi connectivity index (χ3v) is 5.65. The zero-order valence-electron chi connectivity index (χ0n) is 16.5. The molecule has 154 valence electrons. The Morgan fingerprint density at radius 2 is 2.00 bits per heavy atom. The number of carbonyl (C=O) groups excluding carboxylic acids is 1. The van der Waals surface area contributed by atoms with Gasteiger partial charge in [-0.3, -0.25) is 14.6 Å². The van der Waals surface area contributed by atoms with Gasteiger partial charge < -0.3 is 14.1 Å². The summed E-state index contributed by atoms with van der Waals surface area (Å²) in [6.45, 7) is 0.273. The van der Waals surface area contributed by atoms with Crippen LogP contribution >= 0.6 is 11.6 Å². The molecule has 7 heteroatoms. The Morgan fingerprint density at radius 1 is 1.13 bits per heavy atom. The first-order valence-corrected chi connectivity index (χ1v) is 10.0. The summed E-state index contributed by atoms with van der Waals surface area (Å²) < 4.78 is 11.3. The molecule has 3 heterocycles. The number of nitrogens with zero attached hydrogens (tertiary/aromatic N) is 2. The van der Waals surface area contributed by atoms with E-state index < -0.39 is 6.04 Å². The molecule has 2 aromatic heterocycles. The second kappa shape index (κ2) is 7.56. The van der Waals surface area contributed by atoms with E-state index >= 15 is 0 Å². The average Bonchev–Trinajstić information content (AvgIpc) is 3.07. The molecule has 1 amide bonds. The van der Waals surface area contributed by atoms with Gasteiger partial charge in [-0.2, -0.15) is 0 Å². The van der Waals surface area contributed by atoms with Crippen LogP contribution in [0.2, 0.25) is 5.02 Å². The van der Waals surface area contributed by atoms with Crippen molar-refractivity contribution in [3.8, 4) is 5.75 Å². The van der Waals surface area contributed by atoms with Crippen molar-refractivity contribution < 1.29 is 13.9 Å². The summed E-state index contributed by atoms with van der Waals surface area (Å²) in [7, 11) is 1.57. The second-order valence-corrected chi connectivity index (χ2v) is 7.72. The number of amides is 1. The number of halogens is 1. The third kappa shape index (κ3) is 3.25. The van der Waals surface area contributed by atoms with Gasteiger partial charge in [-0.05, 0) is 47.5 Å². The Balaban J connectivity index is 1.75. The lowest BCUT2D eigenvalue weighted by Gasteiger charge is -2.25. The topological polar surface area (TPSA) is 72.6 Å². The zero-order valence-corrected chi connectivity index (χ0v) is 17.3. The molecule has 2 aromatic carbocycles. The number of hydrogen-bond donors (Lipinski definition) is 0. The first kappa shape index (κ1) is 19.3. The number of rotatable bonds is 4. The summed E-state index contributed by atoms with van der Waals surface area (Å²) in [6.07, 6.45) is 3.37. The predicted molar refractivity (Wildman–Crippen MR) is 116 cm³/mol. The molecule has 4 aromatic rings. The van der Waals surface area contributed by atoms with E-state index in [1.807, 2.05) is 36.4 Å². The van der Waals surface area contributed by atoms with Gasteiger partial charge in [0.15, 0.2) is 5.43 Å². The minimum absolute atomic E-state index is 0.0523. The van der Waals surface area contributed by atoms with E-state index in [2.05, 4.69) is 4.98 Å². The number of carbonyl (C=O) groups is 1. The fourth-order valence-electron chi connectivity index (χ4n) is 4.00.